The Morgan fingerprint density at radius 3 is 2.42 bits per heavy atom. The number of hydrogen-bond acceptors (Lipinski definition) is 5. The van der Waals surface area contributed by atoms with Gasteiger partial charge in [0.25, 0.3) is 5.22 Å². The van der Waals surface area contributed by atoms with Gasteiger partial charge in [-0.25, -0.2) is 0 Å². The molecule has 0 N–H and O–H groups in total. The summed E-state index contributed by atoms with van der Waals surface area (Å²) in [7, 11) is 0. The van der Waals surface area contributed by atoms with Crippen molar-refractivity contribution >= 4 is 29.1 Å². The molecule has 0 fully saturated rings. The lowest BCUT2D eigenvalue weighted by atomic mass is 9.86. The number of ketones is 1. The molecule has 0 aliphatic rings. The van der Waals surface area contributed by atoms with Gasteiger partial charge in [0.05, 0.1) is 16.3 Å². The van der Waals surface area contributed by atoms with Crippen LogP contribution in [0, 0.1) is 0 Å². The Kier molecular flexibility index (Phi) is 5.49. The highest BCUT2D eigenvalue weighted by Gasteiger charge is 2.16. The third-order valence-electron chi connectivity index (χ3n) is 3.91. The van der Waals surface area contributed by atoms with Gasteiger partial charge in [-0.05, 0) is 23.1 Å². The van der Waals surface area contributed by atoms with E-state index in [0.29, 0.717) is 27.3 Å². The average molecular weight is 387 g/mol. The molecule has 0 aliphatic carbocycles. The molecule has 0 amide bonds. The lowest BCUT2D eigenvalue weighted by Gasteiger charge is -2.18. The summed E-state index contributed by atoms with van der Waals surface area (Å²) in [5.74, 6) is 0.604. The fraction of sp³-hybridized carbons (Fsp3) is 0.250. The highest BCUT2D eigenvalue weighted by Crippen LogP contribution is 2.29. The van der Waals surface area contributed by atoms with Crippen LogP contribution in [-0.4, -0.2) is 21.7 Å². The summed E-state index contributed by atoms with van der Waals surface area (Å²) in [6, 6.07) is 15.0. The van der Waals surface area contributed by atoms with E-state index < -0.39 is 0 Å². The van der Waals surface area contributed by atoms with Crippen molar-refractivity contribution in [2.24, 2.45) is 0 Å². The van der Waals surface area contributed by atoms with Crippen LogP contribution in [0.1, 0.15) is 36.7 Å². The molecule has 0 unspecified atom stereocenters. The Morgan fingerprint density at radius 1 is 1.08 bits per heavy atom. The largest absolute Gasteiger partial charge is 0.411 e. The molecule has 3 rings (SSSR count). The van der Waals surface area contributed by atoms with E-state index in [9.17, 15) is 4.79 Å². The first kappa shape index (κ1) is 18.7. The summed E-state index contributed by atoms with van der Waals surface area (Å²) in [6.45, 7) is 6.43. The topological polar surface area (TPSA) is 56.0 Å². The lowest BCUT2D eigenvalue weighted by molar-refractivity contribution is 0.102. The van der Waals surface area contributed by atoms with Gasteiger partial charge < -0.3 is 4.42 Å². The van der Waals surface area contributed by atoms with Crippen LogP contribution in [0.15, 0.2) is 58.2 Å². The molecule has 2 aromatic carbocycles. The Morgan fingerprint density at radius 2 is 1.77 bits per heavy atom. The molecule has 0 atom stereocenters. The number of nitrogens with zero attached hydrogens (tertiary/aromatic N) is 2. The predicted octanol–water partition coefficient (Wildman–Crippen LogP) is 5.66. The van der Waals surface area contributed by atoms with Crippen LogP contribution < -0.4 is 0 Å². The van der Waals surface area contributed by atoms with Crippen molar-refractivity contribution in [2.45, 2.75) is 31.4 Å². The van der Waals surface area contributed by atoms with Crippen LogP contribution in [0.2, 0.25) is 5.02 Å². The van der Waals surface area contributed by atoms with E-state index in [1.807, 2.05) is 42.5 Å². The molecule has 0 bridgehead atoms. The maximum absolute atomic E-state index is 12.4. The smallest absolute Gasteiger partial charge is 0.277 e. The predicted molar refractivity (Wildman–Crippen MR) is 105 cm³/mol. The summed E-state index contributed by atoms with van der Waals surface area (Å²) in [4.78, 5) is 12.4. The molecular formula is C20H19ClN2O2S. The van der Waals surface area contributed by atoms with E-state index in [1.165, 1.54) is 17.3 Å². The third kappa shape index (κ3) is 4.34. The van der Waals surface area contributed by atoms with E-state index in [1.54, 1.807) is 6.07 Å². The van der Waals surface area contributed by atoms with Crippen molar-refractivity contribution in [2.75, 3.05) is 5.75 Å². The van der Waals surface area contributed by atoms with E-state index in [2.05, 4.69) is 31.0 Å². The fourth-order valence-corrected chi connectivity index (χ4v) is 3.25. The third-order valence-corrected chi connectivity index (χ3v) is 5.06. The first-order chi connectivity index (χ1) is 12.3. The normalized spacial score (nSPS) is 11.5. The number of aromatic nitrogens is 2. The molecule has 26 heavy (non-hydrogen) atoms. The summed E-state index contributed by atoms with van der Waals surface area (Å²) in [5.41, 5.74) is 2.62. The van der Waals surface area contributed by atoms with Crippen molar-refractivity contribution in [3.05, 3.63) is 64.7 Å². The number of hydrogen-bond donors (Lipinski definition) is 0. The first-order valence-electron chi connectivity index (χ1n) is 8.19. The number of Topliss-reactive ketones (excluding diaryl/α,β-unsaturated/α-hetero) is 1. The maximum atomic E-state index is 12.4. The van der Waals surface area contributed by atoms with E-state index in [4.69, 9.17) is 16.0 Å². The van der Waals surface area contributed by atoms with Crippen LogP contribution in [0.25, 0.3) is 11.5 Å². The molecule has 0 aliphatic heterocycles. The number of carbonyl (C=O) groups excluding carboxylic acids is 1. The molecule has 1 aromatic heterocycles. The van der Waals surface area contributed by atoms with Gasteiger partial charge in [0.1, 0.15) is 0 Å². The summed E-state index contributed by atoms with van der Waals surface area (Å²) < 4.78 is 5.60. The molecule has 4 nitrogen and oxygen atoms in total. The minimum absolute atomic E-state index is 0.0213. The summed E-state index contributed by atoms with van der Waals surface area (Å²) >= 11 is 7.35. The van der Waals surface area contributed by atoms with Gasteiger partial charge in [-0.3, -0.25) is 4.79 Å². The number of thioether (sulfide) groups is 1. The molecule has 0 saturated carbocycles. The quantitative estimate of drug-likeness (QED) is 0.418. The second kappa shape index (κ2) is 7.64. The van der Waals surface area contributed by atoms with Gasteiger partial charge >= 0.3 is 0 Å². The van der Waals surface area contributed by atoms with Crippen molar-refractivity contribution in [1.82, 2.24) is 10.2 Å². The standard InChI is InChI=1S/C20H19ClN2O2S/c1-20(2,3)14-10-8-13(9-11-14)17(24)12-26-19-23-22-18(25-19)15-6-4-5-7-16(15)21/h4-11H,12H2,1-3H3. The monoisotopic (exact) mass is 386 g/mol. The van der Waals surface area contributed by atoms with Gasteiger partial charge in [-0.2, -0.15) is 0 Å². The Bertz CT molecular complexity index is 914. The van der Waals surface area contributed by atoms with Crippen LogP contribution in [-0.2, 0) is 5.41 Å². The molecule has 1 heterocycles. The lowest BCUT2D eigenvalue weighted by Crippen LogP contribution is -2.11. The highest BCUT2D eigenvalue weighted by atomic mass is 35.5. The zero-order valence-electron chi connectivity index (χ0n) is 14.8. The molecule has 0 saturated heterocycles. The van der Waals surface area contributed by atoms with E-state index in [0.717, 1.165) is 0 Å². The van der Waals surface area contributed by atoms with Crippen LogP contribution in [0.4, 0.5) is 0 Å². The second-order valence-electron chi connectivity index (χ2n) is 6.89. The highest BCUT2D eigenvalue weighted by molar-refractivity contribution is 7.99. The Balaban J connectivity index is 1.64. The first-order valence-corrected chi connectivity index (χ1v) is 9.56. The number of benzene rings is 2. The van der Waals surface area contributed by atoms with Crippen molar-refractivity contribution in [1.29, 1.82) is 0 Å². The minimum Gasteiger partial charge on any atom is -0.411 e. The number of rotatable bonds is 5. The summed E-state index contributed by atoms with van der Waals surface area (Å²) in [6.07, 6.45) is 0. The van der Waals surface area contributed by atoms with Crippen molar-refractivity contribution in [3.8, 4) is 11.5 Å². The molecular weight excluding hydrogens is 368 g/mol. The zero-order chi connectivity index (χ0) is 18.7. The van der Waals surface area contributed by atoms with Crippen molar-refractivity contribution in [3.63, 3.8) is 0 Å². The molecule has 0 radical (unpaired) electrons. The SMILES string of the molecule is CC(C)(C)c1ccc(C(=O)CSc2nnc(-c3ccccc3Cl)o2)cc1. The molecule has 3 aromatic rings. The van der Waals surface area contributed by atoms with Gasteiger partial charge in [0, 0.05) is 5.56 Å². The molecule has 6 heteroatoms. The Labute approximate surface area is 162 Å². The fourth-order valence-electron chi connectivity index (χ4n) is 2.38. The van der Waals surface area contributed by atoms with Gasteiger partial charge in [-0.15, -0.1) is 10.2 Å². The summed E-state index contributed by atoms with van der Waals surface area (Å²) in [5, 5.41) is 8.88. The molecule has 0 spiro atoms. The average Bonchev–Trinajstić information content (AvgIpc) is 3.08. The van der Waals surface area contributed by atoms with Gasteiger partial charge in [-0.1, -0.05) is 80.5 Å². The van der Waals surface area contributed by atoms with E-state index in [-0.39, 0.29) is 17.0 Å². The number of halogens is 1. The molecule has 134 valence electrons. The second-order valence-corrected chi connectivity index (χ2v) is 8.23. The Hall–Kier alpha value is -2.11. The zero-order valence-corrected chi connectivity index (χ0v) is 16.4. The van der Waals surface area contributed by atoms with E-state index >= 15 is 0 Å². The minimum atomic E-state index is 0.0213. The van der Waals surface area contributed by atoms with Crippen LogP contribution in [0.3, 0.4) is 0 Å². The van der Waals surface area contributed by atoms with Crippen LogP contribution >= 0.6 is 23.4 Å². The maximum Gasteiger partial charge on any atom is 0.277 e. The van der Waals surface area contributed by atoms with Crippen LogP contribution in [0.5, 0.6) is 0 Å². The van der Waals surface area contributed by atoms with Gasteiger partial charge in [0.15, 0.2) is 5.78 Å². The van der Waals surface area contributed by atoms with Gasteiger partial charge in [0.2, 0.25) is 5.89 Å². The number of carbonyl (C=O) groups is 1. The van der Waals surface area contributed by atoms with Crippen molar-refractivity contribution < 1.29 is 9.21 Å².